The van der Waals surface area contributed by atoms with E-state index in [9.17, 15) is 18.0 Å². The van der Waals surface area contributed by atoms with E-state index in [2.05, 4.69) is 0 Å². The first-order chi connectivity index (χ1) is 10.8. The molecule has 8 nitrogen and oxygen atoms in total. The van der Waals surface area contributed by atoms with Gasteiger partial charge in [-0.05, 0) is 13.3 Å². The third-order valence-electron chi connectivity index (χ3n) is 3.68. The van der Waals surface area contributed by atoms with Crippen LogP contribution in [0.4, 0.5) is 4.79 Å². The predicted octanol–water partition coefficient (Wildman–Crippen LogP) is 0.349. The van der Waals surface area contributed by atoms with E-state index in [0.717, 1.165) is 6.26 Å². The molecule has 23 heavy (non-hydrogen) atoms. The SMILES string of the molecule is CCCN(CCC(=O)N1CCN(C(=O)OCC)CC1)S(C)(=O)=O. The second-order valence-corrected chi connectivity index (χ2v) is 7.46. The fourth-order valence-electron chi connectivity index (χ4n) is 2.42. The lowest BCUT2D eigenvalue weighted by Crippen LogP contribution is -2.51. The Labute approximate surface area is 138 Å². The monoisotopic (exact) mass is 349 g/mol. The van der Waals surface area contributed by atoms with Crippen molar-refractivity contribution in [3.05, 3.63) is 0 Å². The van der Waals surface area contributed by atoms with Crippen LogP contribution in [0.5, 0.6) is 0 Å². The molecular weight excluding hydrogens is 322 g/mol. The van der Waals surface area contributed by atoms with Gasteiger partial charge in [-0.15, -0.1) is 0 Å². The van der Waals surface area contributed by atoms with E-state index in [1.807, 2.05) is 6.92 Å². The number of piperazine rings is 1. The Morgan fingerprint density at radius 2 is 1.61 bits per heavy atom. The molecule has 0 N–H and O–H groups in total. The fourth-order valence-corrected chi connectivity index (χ4v) is 3.36. The number of hydrogen-bond donors (Lipinski definition) is 0. The minimum Gasteiger partial charge on any atom is -0.450 e. The molecule has 0 aromatic rings. The normalized spacial score (nSPS) is 15.8. The van der Waals surface area contributed by atoms with Crippen molar-refractivity contribution in [2.75, 3.05) is 52.1 Å². The van der Waals surface area contributed by atoms with E-state index >= 15 is 0 Å². The van der Waals surface area contributed by atoms with Crippen LogP contribution in [0.1, 0.15) is 26.7 Å². The first-order valence-corrected chi connectivity index (χ1v) is 9.79. The maximum atomic E-state index is 12.2. The molecule has 0 spiro atoms. The summed E-state index contributed by atoms with van der Waals surface area (Å²) in [6.45, 7) is 6.37. The lowest BCUT2D eigenvalue weighted by Gasteiger charge is -2.34. The quantitative estimate of drug-likeness (QED) is 0.662. The second-order valence-electron chi connectivity index (χ2n) is 5.48. The molecule has 0 radical (unpaired) electrons. The number of carbonyl (C=O) groups excluding carboxylic acids is 2. The van der Waals surface area contributed by atoms with E-state index in [1.165, 1.54) is 4.31 Å². The van der Waals surface area contributed by atoms with Crippen LogP contribution in [-0.4, -0.2) is 86.7 Å². The Kier molecular flexibility index (Phi) is 7.77. The van der Waals surface area contributed by atoms with Crippen LogP contribution in [0.15, 0.2) is 0 Å². The average molecular weight is 349 g/mol. The van der Waals surface area contributed by atoms with Crippen molar-refractivity contribution < 1.29 is 22.7 Å². The van der Waals surface area contributed by atoms with Gasteiger partial charge in [0.1, 0.15) is 0 Å². The average Bonchev–Trinajstić information content (AvgIpc) is 2.50. The molecule has 0 saturated carbocycles. The fraction of sp³-hybridized carbons (Fsp3) is 0.857. The largest absolute Gasteiger partial charge is 0.450 e. The topological polar surface area (TPSA) is 87.2 Å². The maximum absolute atomic E-state index is 12.2. The molecule has 0 aliphatic carbocycles. The van der Waals surface area contributed by atoms with Crippen molar-refractivity contribution in [3.8, 4) is 0 Å². The molecular formula is C14H27N3O5S. The van der Waals surface area contributed by atoms with Gasteiger partial charge in [0.05, 0.1) is 12.9 Å². The standard InChI is InChI=1S/C14H27N3O5S/c1-4-7-17(23(3,20)21)8-6-13(18)15-9-11-16(12-10-15)14(19)22-5-2/h4-12H2,1-3H3. The van der Waals surface area contributed by atoms with Crippen LogP contribution in [0, 0.1) is 0 Å². The molecule has 134 valence electrons. The Hall–Kier alpha value is -1.35. The maximum Gasteiger partial charge on any atom is 0.409 e. The number of hydrogen-bond acceptors (Lipinski definition) is 5. The summed E-state index contributed by atoms with van der Waals surface area (Å²) < 4.78 is 29.5. The van der Waals surface area contributed by atoms with Crippen molar-refractivity contribution in [2.45, 2.75) is 26.7 Å². The lowest BCUT2D eigenvalue weighted by atomic mass is 10.3. The van der Waals surface area contributed by atoms with Crippen LogP contribution in [0.3, 0.4) is 0 Å². The van der Waals surface area contributed by atoms with Gasteiger partial charge in [-0.2, -0.15) is 0 Å². The van der Waals surface area contributed by atoms with Gasteiger partial charge in [0.15, 0.2) is 0 Å². The first-order valence-electron chi connectivity index (χ1n) is 7.94. The molecule has 1 aliphatic heterocycles. The van der Waals surface area contributed by atoms with E-state index in [4.69, 9.17) is 4.74 Å². The number of nitrogens with zero attached hydrogens (tertiary/aromatic N) is 3. The van der Waals surface area contributed by atoms with Crippen molar-refractivity contribution in [3.63, 3.8) is 0 Å². The van der Waals surface area contributed by atoms with Crippen molar-refractivity contribution in [1.29, 1.82) is 0 Å². The highest BCUT2D eigenvalue weighted by atomic mass is 32.2. The predicted molar refractivity (Wildman–Crippen MR) is 86.5 cm³/mol. The van der Waals surface area contributed by atoms with Gasteiger partial charge < -0.3 is 14.5 Å². The zero-order valence-electron chi connectivity index (χ0n) is 14.2. The summed E-state index contributed by atoms with van der Waals surface area (Å²) in [5.74, 6) is -0.0849. The van der Waals surface area contributed by atoms with Crippen LogP contribution in [0.2, 0.25) is 0 Å². The highest BCUT2D eigenvalue weighted by Gasteiger charge is 2.25. The van der Waals surface area contributed by atoms with Crippen molar-refractivity contribution in [1.82, 2.24) is 14.1 Å². The van der Waals surface area contributed by atoms with Gasteiger partial charge in [-0.3, -0.25) is 4.79 Å². The van der Waals surface area contributed by atoms with Crippen molar-refractivity contribution >= 4 is 22.0 Å². The number of sulfonamides is 1. The number of rotatable bonds is 7. The third-order valence-corrected chi connectivity index (χ3v) is 4.98. The molecule has 0 atom stereocenters. The Morgan fingerprint density at radius 3 is 2.09 bits per heavy atom. The summed E-state index contributed by atoms with van der Waals surface area (Å²) in [6.07, 6.45) is 1.67. The molecule has 0 bridgehead atoms. The van der Waals surface area contributed by atoms with Crippen LogP contribution < -0.4 is 0 Å². The van der Waals surface area contributed by atoms with Gasteiger partial charge >= 0.3 is 6.09 Å². The van der Waals surface area contributed by atoms with Gasteiger partial charge in [0.25, 0.3) is 0 Å². The summed E-state index contributed by atoms with van der Waals surface area (Å²) in [5.41, 5.74) is 0. The van der Waals surface area contributed by atoms with Crippen LogP contribution >= 0.6 is 0 Å². The summed E-state index contributed by atoms with van der Waals surface area (Å²) in [7, 11) is -3.29. The molecule has 1 aliphatic rings. The van der Waals surface area contributed by atoms with Crippen LogP contribution in [0.25, 0.3) is 0 Å². The van der Waals surface area contributed by atoms with E-state index in [1.54, 1.807) is 16.7 Å². The minimum absolute atomic E-state index is 0.0849. The van der Waals surface area contributed by atoms with E-state index in [0.29, 0.717) is 45.8 Å². The summed E-state index contributed by atoms with van der Waals surface area (Å²) in [4.78, 5) is 27.0. The van der Waals surface area contributed by atoms with Crippen LogP contribution in [-0.2, 0) is 19.6 Å². The highest BCUT2D eigenvalue weighted by Crippen LogP contribution is 2.08. The molecule has 0 unspecified atom stereocenters. The Balaban J connectivity index is 2.43. The number of ether oxygens (including phenoxy) is 1. The molecule has 1 saturated heterocycles. The summed E-state index contributed by atoms with van der Waals surface area (Å²) in [5, 5.41) is 0. The highest BCUT2D eigenvalue weighted by molar-refractivity contribution is 7.88. The van der Waals surface area contributed by atoms with Gasteiger partial charge in [0.2, 0.25) is 15.9 Å². The molecule has 0 aromatic carbocycles. The van der Waals surface area contributed by atoms with E-state index in [-0.39, 0.29) is 25.0 Å². The molecule has 1 fully saturated rings. The lowest BCUT2D eigenvalue weighted by molar-refractivity contribution is -0.132. The molecule has 0 aromatic heterocycles. The summed E-state index contributed by atoms with van der Waals surface area (Å²) >= 11 is 0. The smallest absolute Gasteiger partial charge is 0.409 e. The number of amides is 2. The van der Waals surface area contributed by atoms with Gasteiger partial charge in [-0.1, -0.05) is 6.92 Å². The zero-order valence-corrected chi connectivity index (χ0v) is 15.0. The third kappa shape index (κ3) is 6.34. The summed E-state index contributed by atoms with van der Waals surface area (Å²) in [6, 6.07) is 0. The first kappa shape index (κ1) is 19.7. The second kappa shape index (κ2) is 9.07. The number of carbonyl (C=O) groups is 2. The zero-order chi connectivity index (χ0) is 17.5. The van der Waals surface area contributed by atoms with Crippen molar-refractivity contribution in [2.24, 2.45) is 0 Å². The molecule has 2 amide bonds. The Morgan fingerprint density at radius 1 is 1.04 bits per heavy atom. The van der Waals surface area contributed by atoms with E-state index < -0.39 is 10.0 Å². The van der Waals surface area contributed by atoms with Gasteiger partial charge in [0, 0.05) is 45.7 Å². The molecule has 9 heteroatoms. The minimum atomic E-state index is -3.29. The Bertz CT molecular complexity index is 501. The molecule has 1 rings (SSSR count). The van der Waals surface area contributed by atoms with Gasteiger partial charge in [-0.25, -0.2) is 17.5 Å². The molecule has 1 heterocycles.